The predicted molar refractivity (Wildman–Crippen MR) is 119 cm³/mol. The van der Waals surface area contributed by atoms with Gasteiger partial charge < -0.3 is 18.8 Å². The van der Waals surface area contributed by atoms with Crippen molar-refractivity contribution in [2.45, 2.75) is 19.9 Å². The number of thiazole rings is 1. The SMILES string of the molecule is CCCn1c(=NC(=O)c2ccccc2Oc2ccccc2)sc2cc3c(cc21)OCO3. The Labute approximate surface area is 183 Å². The zero-order valence-corrected chi connectivity index (χ0v) is 17.7. The Hall–Kier alpha value is -3.58. The van der Waals surface area contributed by atoms with E-state index >= 15 is 0 Å². The average Bonchev–Trinajstić information content (AvgIpc) is 3.37. The second-order valence-corrected chi connectivity index (χ2v) is 8.05. The molecule has 0 N–H and O–H groups in total. The van der Waals surface area contributed by atoms with Gasteiger partial charge in [0.25, 0.3) is 5.91 Å². The van der Waals surface area contributed by atoms with Gasteiger partial charge in [-0.15, -0.1) is 0 Å². The van der Waals surface area contributed by atoms with Gasteiger partial charge in [-0.1, -0.05) is 48.6 Å². The standard InChI is InChI=1S/C24H20N2O4S/c1-2-12-26-18-13-20-21(29-15-28-20)14-22(18)31-24(26)25-23(27)17-10-6-7-11-19(17)30-16-8-4-3-5-9-16/h3-11,13-14H,2,12,15H2,1H3. The minimum Gasteiger partial charge on any atom is -0.457 e. The van der Waals surface area contributed by atoms with Crippen LogP contribution in [-0.2, 0) is 6.54 Å². The van der Waals surface area contributed by atoms with Gasteiger partial charge in [0.15, 0.2) is 16.3 Å². The third kappa shape index (κ3) is 3.80. The number of aromatic nitrogens is 1. The van der Waals surface area contributed by atoms with Gasteiger partial charge in [-0.3, -0.25) is 4.79 Å². The lowest BCUT2D eigenvalue weighted by molar-refractivity contribution is 0.0995. The Bertz CT molecular complexity index is 1320. The molecule has 0 aliphatic carbocycles. The van der Waals surface area contributed by atoms with E-state index in [0.717, 1.165) is 34.7 Å². The number of fused-ring (bicyclic) bond motifs is 2. The first-order valence-electron chi connectivity index (χ1n) is 10.1. The first-order valence-corrected chi connectivity index (χ1v) is 10.9. The van der Waals surface area contributed by atoms with E-state index < -0.39 is 0 Å². The number of nitrogens with zero attached hydrogens (tertiary/aromatic N) is 2. The summed E-state index contributed by atoms with van der Waals surface area (Å²) < 4.78 is 20.0. The molecule has 0 spiro atoms. The molecule has 0 atom stereocenters. The van der Waals surface area contributed by atoms with Crippen LogP contribution in [0.2, 0.25) is 0 Å². The van der Waals surface area contributed by atoms with E-state index in [1.165, 1.54) is 11.3 Å². The highest BCUT2D eigenvalue weighted by Gasteiger charge is 2.18. The molecule has 4 aromatic rings. The Balaban J connectivity index is 1.57. The highest BCUT2D eigenvalue weighted by atomic mass is 32.1. The second-order valence-electron chi connectivity index (χ2n) is 7.04. The summed E-state index contributed by atoms with van der Waals surface area (Å²) in [6, 6.07) is 20.5. The molecule has 6 nitrogen and oxygen atoms in total. The summed E-state index contributed by atoms with van der Waals surface area (Å²) in [5.41, 5.74) is 1.40. The topological polar surface area (TPSA) is 62.1 Å². The normalized spacial score (nSPS) is 13.0. The third-order valence-electron chi connectivity index (χ3n) is 4.91. The van der Waals surface area contributed by atoms with E-state index in [0.29, 0.717) is 21.9 Å². The maximum atomic E-state index is 13.2. The Morgan fingerprint density at radius 2 is 1.81 bits per heavy atom. The lowest BCUT2D eigenvalue weighted by Crippen LogP contribution is -2.17. The zero-order chi connectivity index (χ0) is 21.2. The smallest absolute Gasteiger partial charge is 0.283 e. The fourth-order valence-corrected chi connectivity index (χ4v) is 4.54. The molecule has 0 fully saturated rings. The maximum absolute atomic E-state index is 13.2. The molecule has 5 rings (SSSR count). The van der Waals surface area contributed by atoms with Crippen LogP contribution in [0.5, 0.6) is 23.0 Å². The predicted octanol–water partition coefficient (Wildman–Crippen LogP) is 5.37. The van der Waals surface area contributed by atoms with Gasteiger partial charge in [-0.2, -0.15) is 4.99 Å². The van der Waals surface area contributed by atoms with Crippen molar-refractivity contribution in [1.82, 2.24) is 4.57 Å². The number of para-hydroxylation sites is 2. The number of ether oxygens (including phenoxy) is 3. The van der Waals surface area contributed by atoms with Crippen molar-refractivity contribution in [2.75, 3.05) is 6.79 Å². The summed E-state index contributed by atoms with van der Waals surface area (Å²) in [5.74, 6) is 2.24. The average molecular weight is 433 g/mol. The molecule has 156 valence electrons. The fourth-order valence-electron chi connectivity index (χ4n) is 3.48. The number of amides is 1. The van der Waals surface area contributed by atoms with Crippen molar-refractivity contribution < 1.29 is 19.0 Å². The summed E-state index contributed by atoms with van der Waals surface area (Å²) in [5, 5.41) is 0. The van der Waals surface area contributed by atoms with Crippen LogP contribution >= 0.6 is 11.3 Å². The Kier molecular flexibility index (Phi) is 5.18. The van der Waals surface area contributed by atoms with Crippen LogP contribution in [-0.4, -0.2) is 17.3 Å². The van der Waals surface area contributed by atoms with Gasteiger partial charge in [-0.25, -0.2) is 0 Å². The number of aryl methyl sites for hydroxylation is 1. The fraction of sp³-hybridized carbons (Fsp3) is 0.167. The quantitative estimate of drug-likeness (QED) is 0.425. The number of carbonyl (C=O) groups is 1. The molecule has 1 aromatic heterocycles. The maximum Gasteiger partial charge on any atom is 0.283 e. The van der Waals surface area contributed by atoms with Crippen LogP contribution in [0, 0.1) is 0 Å². The highest BCUT2D eigenvalue weighted by Crippen LogP contribution is 2.37. The minimum absolute atomic E-state index is 0.230. The van der Waals surface area contributed by atoms with E-state index in [9.17, 15) is 4.79 Å². The number of rotatable bonds is 5. The molecule has 7 heteroatoms. The highest BCUT2D eigenvalue weighted by molar-refractivity contribution is 7.16. The monoisotopic (exact) mass is 432 g/mol. The van der Waals surface area contributed by atoms with Gasteiger partial charge in [0.05, 0.1) is 15.8 Å². The second kappa shape index (κ2) is 8.28. The van der Waals surface area contributed by atoms with Gasteiger partial charge in [0.1, 0.15) is 11.5 Å². The van der Waals surface area contributed by atoms with E-state index in [4.69, 9.17) is 14.2 Å². The number of benzene rings is 3. The molecule has 2 heterocycles. The lowest BCUT2D eigenvalue weighted by Gasteiger charge is -2.08. The van der Waals surface area contributed by atoms with Crippen molar-refractivity contribution in [3.8, 4) is 23.0 Å². The molecule has 1 aliphatic rings. The van der Waals surface area contributed by atoms with Crippen LogP contribution < -0.4 is 19.0 Å². The van der Waals surface area contributed by atoms with Crippen LogP contribution in [0.4, 0.5) is 0 Å². The lowest BCUT2D eigenvalue weighted by atomic mass is 10.2. The van der Waals surface area contributed by atoms with E-state index in [-0.39, 0.29) is 12.7 Å². The van der Waals surface area contributed by atoms with Gasteiger partial charge in [-0.05, 0) is 30.7 Å². The molecule has 1 amide bonds. The number of hydrogen-bond acceptors (Lipinski definition) is 5. The molecule has 0 bridgehead atoms. The summed E-state index contributed by atoms with van der Waals surface area (Å²) >= 11 is 1.46. The first kappa shape index (κ1) is 19.4. The van der Waals surface area contributed by atoms with E-state index in [1.54, 1.807) is 12.1 Å². The number of hydrogen-bond donors (Lipinski definition) is 0. The number of carbonyl (C=O) groups excluding carboxylic acids is 1. The molecular weight excluding hydrogens is 412 g/mol. The van der Waals surface area contributed by atoms with Crippen molar-refractivity contribution in [1.29, 1.82) is 0 Å². The Morgan fingerprint density at radius 1 is 1.06 bits per heavy atom. The molecule has 0 saturated heterocycles. The summed E-state index contributed by atoms with van der Waals surface area (Å²) in [6.07, 6.45) is 0.912. The van der Waals surface area contributed by atoms with Gasteiger partial charge in [0, 0.05) is 18.7 Å². The van der Waals surface area contributed by atoms with Gasteiger partial charge in [0.2, 0.25) is 6.79 Å². The van der Waals surface area contributed by atoms with Crippen molar-refractivity contribution in [2.24, 2.45) is 4.99 Å². The van der Waals surface area contributed by atoms with Gasteiger partial charge >= 0.3 is 0 Å². The molecule has 1 aliphatic heterocycles. The summed E-state index contributed by atoms with van der Waals surface area (Å²) in [4.78, 5) is 18.3. The summed E-state index contributed by atoms with van der Waals surface area (Å²) in [6.45, 7) is 3.07. The molecule has 0 unspecified atom stereocenters. The molecule has 3 aromatic carbocycles. The summed E-state index contributed by atoms with van der Waals surface area (Å²) in [7, 11) is 0. The molecule has 0 saturated carbocycles. The third-order valence-corrected chi connectivity index (χ3v) is 5.95. The first-order chi connectivity index (χ1) is 15.2. The van der Waals surface area contributed by atoms with Crippen LogP contribution in [0.25, 0.3) is 10.2 Å². The van der Waals surface area contributed by atoms with E-state index in [1.807, 2.05) is 54.6 Å². The van der Waals surface area contributed by atoms with E-state index in [2.05, 4.69) is 16.5 Å². The zero-order valence-electron chi connectivity index (χ0n) is 16.9. The minimum atomic E-state index is -0.344. The van der Waals surface area contributed by atoms with Crippen LogP contribution in [0.1, 0.15) is 23.7 Å². The largest absolute Gasteiger partial charge is 0.457 e. The Morgan fingerprint density at radius 3 is 2.61 bits per heavy atom. The van der Waals surface area contributed by atoms with Crippen molar-refractivity contribution >= 4 is 27.5 Å². The molecule has 31 heavy (non-hydrogen) atoms. The van der Waals surface area contributed by atoms with Crippen molar-refractivity contribution in [3.63, 3.8) is 0 Å². The van der Waals surface area contributed by atoms with Crippen LogP contribution in [0.15, 0.2) is 71.7 Å². The molecular formula is C24H20N2O4S. The van der Waals surface area contributed by atoms with Crippen molar-refractivity contribution in [3.05, 3.63) is 77.1 Å². The van der Waals surface area contributed by atoms with Crippen LogP contribution in [0.3, 0.4) is 0 Å². The molecule has 0 radical (unpaired) electrons.